The van der Waals surface area contributed by atoms with E-state index in [9.17, 15) is 13.2 Å². The van der Waals surface area contributed by atoms with Gasteiger partial charge in [-0.3, -0.25) is 4.90 Å². The smallest absolute Gasteiger partial charge is 0.330 e. The second-order valence-corrected chi connectivity index (χ2v) is 4.78. The molecule has 6 heteroatoms. The standard InChI is InChI=1S/C13H17F3N2.ClH/c14-13(15,16)12-4-2-1-3-11(12)9-18-6-5-10(7-17)8-18;/h1-4,10H,5-9,17H2;1H. The van der Waals surface area contributed by atoms with Gasteiger partial charge in [-0.05, 0) is 37.1 Å². The van der Waals surface area contributed by atoms with E-state index in [4.69, 9.17) is 5.73 Å². The van der Waals surface area contributed by atoms with E-state index < -0.39 is 11.7 Å². The molecule has 0 radical (unpaired) electrons. The number of nitrogens with two attached hydrogens (primary N) is 1. The average Bonchev–Trinajstić information content (AvgIpc) is 2.76. The highest BCUT2D eigenvalue weighted by Crippen LogP contribution is 2.32. The van der Waals surface area contributed by atoms with Crippen LogP contribution in [0.15, 0.2) is 24.3 Å². The second kappa shape index (κ2) is 6.59. The Kier molecular flexibility index (Phi) is 5.64. The fourth-order valence-corrected chi connectivity index (χ4v) is 2.42. The van der Waals surface area contributed by atoms with Gasteiger partial charge in [0, 0.05) is 13.1 Å². The van der Waals surface area contributed by atoms with Crippen molar-refractivity contribution in [3.8, 4) is 0 Å². The summed E-state index contributed by atoms with van der Waals surface area (Å²) in [5, 5.41) is 0. The molecule has 1 fully saturated rings. The number of halogens is 4. The summed E-state index contributed by atoms with van der Waals surface area (Å²) in [4.78, 5) is 2.04. The third kappa shape index (κ3) is 4.09. The van der Waals surface area contributed by atoms with Crippen LogP contribution < -0.4 is 5.73 Å². The third-order valence-corrected chi connectivity index (χ3v) is 3.42. The number of likely N-dealkylation sites (tertiary alicyclic amines) is 1. The van der Waals surface area contributed by atoms with E-state index >= 15 is 0 Å². The first-order valence-corrected chi connectivity index (χ1v) is 6.08. The summed E-state index contributed by atoms with van der Waals surface area (Å²) < 4.78 is 38.5. The Labute approximate surface area is 117 Å². The maximum atomic E-state index is 12.8. The van der Waals surface area contributed by atoms with Crippen molar-refractivity contribution in [2.75, 3.05) is 19.6 Å². The van der Waals surface area contributed by atoms with Crippen LogP contribution in [0, 0.1) is 5.92 Å². The molecule has 2 N–H and O–H groups in total. The molecule has 2 rings (SSSR count). The molecule has 0 bridgehead atoms. The summed E-state index contributed by atoms with van der Waals surface area (Å²) in [5.74, 6) is 0.419. The molecule has 0 aromatic heterocycles. The Bertz CT molecular complexity index is 409. The van der Waals surface area contributed by atoms with Crippen molar-refractivity contribution in [2.24, 2.45) is 11.7 Å². The SMILES string of the molecule is Cl.NCC1CCN(Cc2ccccc2C(F)(F)F)C1. The fraction of sp³-hybridized carbons (Fsp3) is 0.538. The highest BCUT2D eigenvalue weighted by atomic mass is 35.5. The average molecular weight is 295 g/mol. The Morgan fingerprint density at radius 3 is 2.53 bits per heavy atom. The molecule has 2 nitrogen and oxygen atoms in total. The predicted molar refractivity (Wildman–Crippen MR) is 71.1 cm³/mol. The molecule has 0 spiro atoms. The molecular formula is C13H18ClF3N2. The molecule has 1 aliphatic heterocycles. The van der Waals surface area contributed by atoms with Gasteiger partial charge in [-0.15, -0.1) is 12.4 Å². The van der Waals surface area contributed by atoms with Crippen LogP contribution in [0.3, 0.4) is 0 Å². The van der Waals surface area contributed by atoms with Gasteiger partial charge < -0.3 is 5.73 Å². The van der Waals surface area contributed by atoms with Crippen LogP contribution in [0.25, 0.3) is 0 Å². The van der Waals surface area contributed by atoms with Gasteiger partial charge >= 0.3 is 6.18 Å². The number of benzene rings is 1. The Morgan fingerprint density at radius 2 is 1.95 bits per heavy atom. The van der Waals surface area contributed by atoms with Crippen LogP contribution >= 0.6 is 12.4 Å². The third-order valence-electron chi connectivity index (χ3n) is 3.42. The number of hydrogen-bond donors (Lipinski definition) is 1. The summed E-state index contributed by atoms with van der Waals surface area (Å²) in [7, 11) is 0. The van der Waals surface area contributed by atoms with E-state index in [1.165, 1.54) is 6.07 Å². The molecule has 1 aliphatic rings. The molecule has 1 unspecified atom stereocenters. The highest BCUT2D eigenvalue weighted by molar-refractivity contribution is 5.85. The molecule has 1 aromatic carbocycles. The molecule has 0 aliphatic carbocycles. The topological polar surface area (TPSA) is 29.3 Å². The van der Waals surface area contributed by atoms with Crippen LogP contribution in [0.1, 0.15) is 17.5 Å². The van der Waals surface area contributed by atoms with Crippen molar-refractivity contribution in [1.82, 2.24) is 4.90 Å². The Balaban J connectivity index is 0.00000180. The van der Waals surface area contributed by atoms with E-state index in [1.807, 2.05) is 4.90 Å². The minimum absolute atomic E-state index is 0. The lowest BCUT2D eigenvalue weighted by Crippen LogP contribution is -2.24. The molecular weight excluding hydrogens is 277 g/mol. The van der Waals surface area contributed by atoms with Crippen LogP contribution in [-0.2, 0) is 12.7 Å². The highest BCUT2D eigenvalue weighted by Gasteiger charge is 2.33. The van der Waals surface area contributed by atoms with Crippen molar-refractivity contribution in [3.63, 3.8) is 0 Å². The van der Waals surface area contributed by atoms with Gasteiger partial charge in [0.25, 0.3) is 0 Å². The van der Waals surface area contributed by atoms with Gasteiger partial charge in [-0.2, -0.15) is 13.2 Å². The van der Waals surface area contributed by atoms with E-state index in [2.05, 4.69) is 0 Å². The van der Waals surface area contributed by atoms with E-state index in [0.29, 0.717) is 24.6 Å². The molecule has 1 saturated heterocycles. The minimum atomic E-state index is -4.27. The second-order valence-electron chi connectivity index (χ2n) is 4.78. The fourth-order valence-electron chi connectivity index (χ4n) is 2.42. The van der Waals surface area contributed by atoms with Crippen molar-refractivity contribution < 1.29 is 13.2 Å². The molecule has 0 amide bonds. The van der Waals surface area contributed by atoms with Crippen molar-refractivity contribution in [2.45, 2.75) is 19.1 Å². The van der Waals surface area contributed by atoms with Crippen LogP contribution in [0.2, 0.25) is 0 Å². The Hall–Kier alpha value is -0.780. The number of alkyl halides is 3. The molecule has 108 valence electrons. The molecule has 19 heavy (non-hydrogen) atoms. The quantitative estimate of drug-likeness (QED) is 0.929. The lowest BCUT2D eigenvalue weighted by atomic mass is 10.1. The first kappa shape index (κ1) is 16.3. The maximum absolute atomic E-state index is 12.8. The van der Waals surface area contributed by atoms with Gasteiger partial charge in [-0.25, -0.2) is 0 Å². The minimum Gasteiger partial charge on any atom is -0.330 e. The largest absolute Gasteiger partial charge is 0.416 e. The Morgan fingerprint density at radius 1 is 1.26 bits per heavy atom. The van der Waals surface area contributed by atoms with Crippen LogP contribution in [0.4, 0.5) is 13.2 Å². The number of rotatable bonds is 3. The summed E-state index contributed by atoms with van der Waals surface area (Å²) in [6.07, 6.45) is -3.30. The molecule has 1 aromatic rings. The van der Waals surface area contributed by atoms with Gasteiger partial charge in [0.2, 0.25) is 0 Å². The maximum Gasteiger partial charge on any atom is 0.416 e. The summed E-state index contributed by atoms with van der Waals surface area (Å²) in [6, 6.07) is 5.78. The monoisotopic (exact) mass is 294 g/mol. The zero-order valence-electron chi connectivity index (χ0n) is 10.5. The molecule has 1 heterocycles. The normalized spacial score (nSPS) is 20.3. The van der Waals surface area contributed by atoms with E-state index in [-0.39, 0.29) is 12.4 Å². The summed E-state index contributed by atoms with van der Waals surface area (Å²) >= 11 is 0. The summed E-state index contributed by atoms with van der Waals surface area (Å²) in [6.45, 7) is 2.58. The van der Waals surface area contributed by atoms with Gasteiger partial charge in [-0.1, -0.05) is 18.2 Å². The van der Waals surface area contributed by atoms with Crippen LogP contribution in [0.5, 0.6) is 0 Å². The zero-order valence-corrected chi connectivity index (χ0v) is 11.3. The first-order valence-electron chi connectivity index (χ1n) is 6.08. The predicted octanol–water partition coefficient (Wildman–Crippen LogP) is 2.91. The van der Waals surface area contributed by atoms with Gasteiger partial charge in [0.15, 0.2) is 0 Å². The lowest BCUT2D eigenvalue weighted by Gasteiger charge is -2.19. The van der Waals surface area contributed by atoms with Gasteiger partial charge in [0.05, 0.1) is 5.56 Å². The zero-order chi connectivity index (χ0) is 13.2. The molecule has 1 atom stereocenters. The lowest BCUT2D eigenvalue weighted by molar-refractivity contribution is -0.138. The van der Waals surface area contributed by atoms with Crippen LogP contribution in [-0.4, -0.2) is 24.5 Å². The first-order chi connectivity index (χ1) is 8.50. The number of nitrogens with zero attached hydrogens (tertiary/aromatic N) is 1. The van der Waals surface area contributed by atoms with Gasteiger partial charge in [0.1, 0.15) is 0 Å². The van der Waals surface area contributed by atoms with Crippen molar-refractivity contribution in [3.05, 3.63) is 35.4 Å². The van der Waals surface area contributed by atoms with E-state index in [1.54, 1.807) is 12.1 Å². The number of hydrogen-bond acceptors (Lipinski definition) is 2. The van der Waals surface area contributed by atoms with Crippen molar-refractivity contribution in [1.29, 1.82) is 0 Å². The molecule has 0 saturated carbocycles. The summed E-state index contributed by atoms with van der Waals surface area (Å²) in [5.41, 5.74) is 5.40. The van der Waals surface area contributed by atoms with E-state index in [0.717, 1.165) is 25.6 Å². The van der Waals surface area contributed by atoms with Crippen molar-refractivity contribution >= 4 is 12.4 Å².